The van der Waals surface area contributed by atoms with Crippen molar-refractivity contribution >= 4 is 13.3 Å². The molecule has 7 heteroatoms. The fraction of sp³-hybridized carbons (Fsp3) is 0.250. The zero-order chi connectivity index (χ0) is 38.6. The van der Waals surface area contributed by atoms with Gasteiger partial charge in [0, 0.05) is 0 Å². The maximum atomic E-state index is 17.1. The van der Waals surface area contributed by atoms with Gasteiger partial charge in [0.15, 0.2) is 0 Å². The van der Waals surface area contributed by atoms with Crippen molar-refractivity contribution in [3.05, 3.63) is 215 Å². The zero-order valence-electron chi connectivity index (χ0n) is 31.9. The molecular formula is C48H56CrO4Si2. The molecule has 286 valence electrons. The van der Waals surface area contributed by atoms with Crippen molar-refractivity contribution in [2.75, 3.05) is 0 Å². The molecule has 0 amide bonds. The minimum atomic E-state index is -8.30. The van der Waals surface area contributed by atoms with E-state index in [2.05, 4.69) is 0 Å². The normalized spacial score (nSPS) is 13.5. The Morgan fingerprint density at radius 1 is 0.291 bits per heavy atom. The van der Waals surface area contributed by atoms with Crippen molar-refractivity contribution in [3.63, 3.8) is 0 Å². The third kappa shape index (κ3) is 9.44. The molecule has 0 unspecified atom stereocenters. The number of hydrogen-bond donors (Lipinski definition) is 2. The average molecular weight is 805 g/mol. The zero-order valence-corrected chi connectivity index (χ0v) is 35.2. The molecule has 6 rings (SSSR count). The summed E-state index contributed by atoms with van der Waals surface area (Å²) in [6, 6.07) is 61.5. The molecule has 4 nitrogen and oxygen atoms in total. The third-order valence-electron chi connectivity index (χ3n) is 12.2. The first kappa shape index (κ1) is 40.5. The van der Waals surface area contributed by atoms with Crippen LogP contribution in [0, 0.1) is 0 Å². The molecule has 6 aromatic rings. The molecule has 0 aliphatic heterocycles. The van der Waals surface area contributed by atoms with Crippen LogP contribution in [0.1, 0.15) is 33.4 Å². The number of rotatable bonds is 20. The van der Waals surface area contributed by atoms with E-state index in [4.69, 9.17) is 0 Å². The molecule has 2 N–H and O–H groups in total. The fourth-order valence-corrected chi connectivity index (χ4v) is 57.0. The van der Waals surface area contributed by atoms with E-state index in [0.29, 0.717) is 38.5 Å². The van der Waals surface area contributed by atoms with E-state index in [1.165, 1.54) is 0 Å². The Balaban J connectivity index is 1.58. The summed E-state index contributed by atoms with van der Waals surface area (Å²) < 4.78 is 61.9. The summed E-state index contributed by atoms with van der Waals surface area (Å²) in [5.41, 5.74) is 6.12. The van der Waals surface area contributed by atoms with E-state index in [0.717, 1.165) is 33.4 Å². The van der Waals surface area contributed by atoms with E-state index >= 15 is 7.61 Å². The standard InChI is InChI=1S/2C24H27Si.Cr.2H2O.2O/c2*1-4-10-22(11-5-1)16-19-25(20-17-23-12-6-2-7-13-23)21-18-24-14-8-3-9-15-24;;;;;/h2*1-15H,16-21H2;;2*1H2;;/q;;+2;;;;/p-2. The van der Waals surface area contributed by atoms with Gasteiger partial charge < -0.3 is 0 Å². The van der Waals surface area contributed by atoms with Crippen LogP contribution in [0.25, 0.3) is 0 Å². The Morgan fingerprint density at radius 3 is 0.582 bits per heavy atom. The predicted octanol–water partition coefficient (Wildman–Crippen LogP) is 11.1. The first-order valence-corrected chi connectivity index (χ1v) is 30.9. The number of aryl methyl sites for hydroxylation is 6. The van der Waals surface area contributed by atoms with Crippen LogP contribution in [0.4, 0.5) is 0 Å². The van der Waals surface area contributed by atoms with E-state index in [1.54, 1.807) is 0 Å². The fourth-order valence-electron chi connectivity index (χ4n) is 8.66. The Labute approximate surface area is 327 Å². The Morgan fingerprint density at radius 2 is 0.436 bits per heavy atom. The molecule has 0 saturated carbocycles. The van der Waals surface area contributed by atoms with Gasteiger partial charge >= 0.3 is 330 Å². The monoisotopic (exact) mass is 804 g/mol. The topological polar surface area (TPSA) is 74.6 Å². The SMILES string of the molecule is [O]=[Cr](=[O])([OH])([OH])([Si](CCc1ccccc1)(CCc1ccccc1)CCc1ccccc1)[Si](CCc1ccccc1)(CCc1ccccc1)CCc1ccccc1. The van der Waals surface area contributed by atoms with Gasteiger partial charge in [-0.05, 0) is 0 Å². The van der Waals surface area contributed by atoms with Gasteiger partial charge in [0.1, 0.15) is 0 Å². The van der Waals surface area contributed by atoms with Gasteiger partial charge in [-0.2, -0.15) is 0 Å². The van der Waals surface area contributed by atoms with Gasteiger partial charge in [0.05, 0.1) is 0 Å². The van der Waals surface area contributed by atoms with Crippen LogP contribution in [0.3, 0.4) is 0 Å². The van der Waals surface area contributed by atoms with Crippen LogP contribution in [-0.4, -0.2) is 21.6 Å². The van der Waals surface area contributed by atoms with Gasteiger partial charge in [0.25, 0.3) is 0 Å². The Kier molecular flexibility index (Phi) is 12.7. The van der Waals surface area contributed by atoms with Gasteiger partial charge in [-0.1, -0.05) is 0 Å². The number of benzene rings is 6. The summed E-state index contributed by atoms with van der Waals surface area (Å²) in [5.74, 6) is 0. The van der Waals surface area contributed by atoms with E-state index in [9.17, 15) is 8.32 Å². The average Bonchev–Trinajstić information content (AvgIpc) is 3.22. The molecule has 0 spiro atoms. The van der Waals surface area contributed by atoms with E-state index < -0.39 is 23.4 Å². The molecule has 55 heavy (non-hydrogen) atoms. The van der Waals surface area contributed by atoms with Crippen molar-refractivity contribution in [2.45, 2.75) is 74.8 Å². The Hall–Kier alpha value is -4.19. The van der Waals surface area contributed by atoms with Crippen LogP contribution in [0.15, 0.2) is 182 Å². The summed E-state index contributed by atoms with van der Waals surface area (Å²) in [5, 5.41) is 0. The van der Waals surface area contributed by atoms with Crippen LogP contribution >= 0.6 is 0 Å². The summed E-state index contributed by atoms with van der Waals surface area (Å²) >= 11 is 0. The van der Waals surface area contributed by atoms with Gasteiger partial charge in [-0.25, -0.2) is 0 Å². The molecule has 0 fully saturated rings. The minimum absolute atomic E-state index is 0.253. The van der Waals surface area contributed by atoms with Crippen LogP contribution in [-0.2, 0) is 56.3 Å². The van der Waals surface area contributed by atoms with E-state index in [-0.39, 0.29) is 36.3 Å². The van der Waals surface area contributed by atoms with Crippen molar-refractivity contribution in [2.24, 2.45) is 0 Å². The molecule has 0 atom stereocenters. The summed E-state index contributed by atoms with van der Waals surface area (Å²) in [6.07, 6.45) is 2.84. The molecule has 0 radical (unpaired) electrons. The first-order valence-electron chi connectivity index (χ1n) is 19.8. The van der Waals surface area contributed by atoms with Crippen LogP contribution < -0.4 is 0 Å². The molecule has 0 bridgehead atoms. The quantitative estimate of drug-likeness (QED) is 0.0754. The van der Waals surface area contributed by atoms with Gasteiger partial charge in [-0.15, -0.1) is 0 Å². The molecule has 0 aliphatic rings. The summed E-state index contributed by atoms with van der Waals surface area (Å²) in [4.78, 5) is 0. The molecule has 0 heterocycles. The molecule has 6 aromatic carbocycles. The van der Waals surface area contributed by atoms with Crippen molar-refractivity contribution in [1.29, 1.82) is 0 Å². The molecule has 0 aliphatic carbocycles. The summed E-state index contributed by atoms with van der Waals surface area (Å²) in [7, 11) is -8.30. The first-order chi connectivity index (χ1) is 26.5. The predicted molar refractivity (Wildman–Crippen MR) is 227 cm³/mol. The second kappa shape index (κ2) is 17.3. The molecule has 0 aromatic heterocycles. The van der Waals surface area contributed by atoms with Crippen molar-refractivity contribution in [3.8, 4) is 0 Å². The van der Waals surface area contributed by atoms with Crippen LogP contribution in [0.2, 0.25) is 36.3 Å². The number of hydrogen-bond acceptors (Lipinski definition) is 2. The molecule has 0 saturated heterocycles. The van der Waals surface area contributed by atoms with E-state index in [1.807, 2.05) is 182 Å². The maximum absolute atomic E-state index is 17.1. The van der Waals surface area contributed by atoms with Gasteiger partial charge in [0.2, 0.25) is 0 Å². The second-order valence-corrected chi connectivity index (χ2v) is 44.4. The summed E-state index contributed by atoms with van der Waals surface area (Å²) in [6.45, 7) is -8.28. The molecular weight excluding hydrogens is 749 g/mol. The van der Waals surface area contributed by atoms with Gasteiger partial charge in [-0.3, -0.25) is 0 Å². The van der Waals surface area contributed by atoms with Crippen molar-refractivity contribution in [1.82, 2.24) is 0 Å². The Bertz CT molecular complexity index is 1870. The van der Waals surface area contributed by atoms with Crippen molar-refractivity contribution < 1.29 is 26.1 Å². The van der Waals surface area contributed by atoms with Crippen LogP contribution in [0.5, 0.6) is 0 Å². The third-order valence-corrected chi connectivity index (χ3v) is 57.4. The second-order valence-electron chi connectivity index (χ2n) is 15.5.